The molecule has 0 radical (unpaired) electrons. The number of imidazole rings is 1. The van der Waals surface area contributed by atoms with Crippen LogP contribution >= 0.6 is 23.1 Å². The van der Waals surface area contributed by atoms with Crippen LogP contribution in [0.1, 0.15) is 19.2 Å². The molecule has 0 saturated carbocycles. The number of nitrogens with one attached hydrogen (secondary N) is 1. The van der Waals surface area contributed by atoms with Gasteiger partial charge in [0, 0.05) is 38.3 Å². The third-order valence-corrected chi connectivity index (χ3v) is 6.12. The van der Waals surface area contributed by atoms with Crippen LogP contribution in [0.25, 0.3) is 10.2 Å². The summed E-state index contributed by atoms with van der Waals surface area (Å²) in [6.07, 6.45) is 1.49. The number of carbonyl (C=O) groups excluding carboxylic acids is 2. The van der Waals surface area contributed by atoms with Gasteiger partial charge in [0.15, 0.2) is 4.34 Å². The molecule has 158 valence electrons. The van der Waals surface area contributed by atoms with Gasteiger partial charge in [0.05, 0.1) is 10.2 Å². The molecule has 0 saturated heterocycles. The lowest BCUT2D eigenvalue weighted by atomic mass is 10.3. The first-order valence-electron chi connectivity index (χ1n) is 8.96. The van der Waals surface area contributed by atoms with E-state index < -0.39 is 4.92 Å². The van der Waals surface area contributed by atoms with Crippen LogP contribution in [-0.4, -0.2) is 43.7 Å². The van der Waals surface area contributed by atoms with E-state index >= 15 is 0 Å². The van der Waals surface area contributed by atoms with Crippen molar-refractivity contribution >= 4 is 56.7 Å². The number of hydrogen-bond donors (Lipinski definition) is 1. The monoisotopic (exact) mass is 449 g/mol. The number of amides is 1. The lowest BCUT2D eigenvalue weighted by Gasteiger charge is -2.06. The molecular weight excluding hydrogens is 430 g/mol. The van der Waals surface area contributed by atoms with Crippen LogP contribution in [0, 0.1) is 17.0 Å². The van der Waals surface area contributed by atoms with Crippen molar-refractivity contribution in [3.63, 3.8) is 0 Å². The molecule has 30 heavy (non-hydrogen) atoms. The summed E-state index contributed by atoms with van der Waals surface area (Å²) in [4.78, 5) is 41.6. The Bertz CT molecular complexity index is 1090. The molecule has 2 heterocycles. The molecule has 0 spiro atoms. The first-order valence-corrected chi connectivity index (χ1v) is 10.8. The Labute approximate surface area is 179 Å². The van der Waals surface area contributed by atoms with Crippen molar-refractivity contribution in [1.82, 2.24) is 14.5 Å². The Balaban J connectivity index is 1.55. The van der Waals surface area contributed by atoms with Crippen molar-refractivity contribution in [2.45, 2.75) is 31.2 Å². The van der Waals surface area contributed by atoms with E-state index in [2.05, 4.69) is 15.3 Å². The lowest BCUT2D eigenvalue weighted by molar-refractivity contribution is -0.389. The summed E-state index contributed by atoms with van der Waals surface area (Å²) in [5.74, 6) is 0.367. The number of aromatic nitrogens is 3. The highest BCUT2D eigenvalue weighted by Gasteiger charge is 2.16. The maximum atomic E-state index is 12.3. The van der Waals surface area contributed by atoms with Gasteiger partial charge >= 0.3 is 11.8 Å². The topological polar surface area (TPSA) is 129 Å². The van der Waals surface area contributed by atoms with Crippen LogP contribution in [0.4, 0.5) is 11.5 Å². The van der Waals surface area contributed by atoms with Gasteiger partial charge < -0.3 is 24.7 Å². The number of hydrogen-bond acceptors (Lipinski definition) is 9. The van der Waals surface area contributed by atoms with Gasteiger partial charge in [-0.3, -0.25) is 9.59 Å². The third-order valence-electron chi connectivity index (χ3n) is 4.00. The summed E-state index contributed by atoms with van der Waals surface area (Å²) in [6.45, 7) is 3.66. The smallest absolute Gasteiger partial charge is 0.381 e. The van der Waals surface area contributed by atoms with Crippen molar-refractivity contribution in [2.24, 2.45) is 0 Å². The zero-order valence-corrected chi connectivity index (χ0v) is 17.9. The van der Waals surface area contributed by atoms with Crippen molar-refractivity contribution in [2.75, 3.05) is 17.7 Å². The maximum absolute atomic E-state index is 12.3. The van der Waals surface area contributed by atoms with Gasteiger partial charge in [0.1, 0.15) is 12.8 Å². The largest absolute Gasteiger partial charge is 0.465 e. The van der Waals surface area contributed by atoms with Crippen LogP contribution in [0.2, 0.25) is 0 Å². The molecule has 1 aromatic carbocycles. The molecule has 10 nitrogen and oxygen atoms in total. The Morgan fingerprint density at radius 1 is 1.37 bits per heavy atom. The number of benzene rings is 1. The average Bonchev–Trinajstić information content (AvgIpc) is 3.26. The molecule has 1 amide bonds. The first kappa shape index (κ1) is 21.7. The van der Waals surface area contributed by atoms with Crippen molar-refractivity contribution < 1.29 is 19.2 Å². The van der Waals surface area contributed by atoms with E-state index in [9.17, 15) is 19.7 Å². The van der Waals surface area contributed by atoms with Crippen molar-refractivity contribution in [3.05, 3.63) is 40.3 Å². The minimum Gasteiger partial charge on any atom is -0.465 e. The molecule has 2 aromatic heterocycles. The standard InChI is InChI=1S/C18H19N5O5S2/c1-11-19-16(23(26)27)10-22(11)6-5-17(25)20-13-3-4-14-15(9-13)30-18(21-14)29-8-7-28-12(2)24/h3-4,9-10H,5-8H2,1-2H3,(H,20,25). The minimum atomic E-state index is -0.559. The highest BCUT2D eigenvalue weighted by Crippen LogP contribution is 2.31. The number of ether oxygens (including phenoxy) is 1. The van der Waals surface area contributed by atoms with Crippen LogP contribution in [0.5, 0.6) is 0 Å². The molecule has 1 N–H and O–H groups in total. The third kappa shape index (κ3) is 5.76. The maximum Gasteiger partial charge on any atom is 0.381 e. The van der Waals surface area contributed by atoms with Crippen LogP contribution in [-0.2, 0) is 20.9 Å². The fourth-order valence-electron chi connectivity index (χ4n) is 2.61. The van der Waals surface area contributed by atoms with Gasteiger partial charge in [-0.2, -0.15) is 0 Å². The molecular formula is C18H19N5O5S2. The fourth-order valence-corrected chi connectivity index (χ4v) is 4.60. The summed E-state index contributed by atoms with van der Waals surface area (Å²) >= 11 is 3.00. The zero-order chi connectivity index (χ0) is 21.7. The molecule has 0 atom stereocenters. The zero-order valence-electron chi connectivity index (χ0n) is 16.3. The summed E-state index contributed by atoms with van der Waals surface area (Å²) in [6, 6.07) is 5.47. The van der Waals surface area contributed by atoms with Gasteiger partial charge in [-0.05, 0) is 28.1 Å². The number of rotatable bonds is 9. The number of carbonyl (C=O) groups is 2. The van der Waals surface area contributed by atoms with Gasteiger partial charge in [-0.15, -0.1) is 11.3 Å². The second kappa shape index (κ2) is 9.67. The summed E-state index contributed by atoms with van der Waals surface area (Å²) in [5.41, 5.74) is 1.48. The van der Waals surface area contributed by atoms with Gasteiger partial charge in [-0.1, -0.05) is 11.8 Å². The van der Waals surface area contributed by atoms with Gasteiger partial charge in [-0.25, -0.2) is 4.98 Å². The summed E-state index contributed by atoms with van der Waals surface area (Å²) < 4.78 is 8.29. The Morgan fingerprint density at radius 2 is 2.17 bits per heavy atom. The molecule has 0 aliphatic carbocycles. The normalized spacial score (nSPS) is 10.9. The molecule has 0 bridgehead atoms. The van der Waals surface area contributed by atoms with Crippen molar-refractivity contribution in [3.8, 4) is 0 Å². The lowest BCUT2D eigenvalue weighted by Crippen LogP contribution is -2.14. The second-order valence-corrected chi connectivity index (χ2v) is 8.62. The summed E-state index contributed by atoms with van der Waals surface area (Å²) in [5, 5.41) is 13.6. The van der Waals surface area contributed by atoms with Crippen LogP contribution < -0.4 is 5.32 Å². The predicted octanol–water partition coefficient (Wildman–Crippen LogP) is 3.39. The van der Waals surface area contributed by atoms with Crippen LogP contribution in [0.15, 0.2) is 28.7 Å². The second-order valence-electron chi connectivity index (χ2n) is 6.25. The van der Waals surface area contributed by atoms with E-state index in [0.29, 0.717) is 30.4 Å². The highest BCUT2D eigenvalue weighted by molar-refractivity contribution is 8.01. The molecule has 0 aliphatic heterocycles. The van der Waals surface area contributed by atoms with E-state index in [-0.39, 0.29) is 24.1 Å². The van der Waals surface area contributed by atoms with Crippen molar-refractivity contribution in [1.29, 1.82) is 0 Å². The molecule has 3 aromatic rings. The van der Waals surface area contributed by atoms with E-state index in [0.717, 1.165) is 14.6 Å². The fraction of sp³-hybridized carbons (Fsp3) is 0.333. The van der Waals surface area contributed by atoms with E-state index in [4.69, 9.17) is 4.74 Å². The number of nitrogens with zero attached hydrogens (tertiary/aromatic N) is 4. The Kier molecular flexibility index (Phi) is 7.00. The quantitative estimate of drug-likeness (QED) is 0.173. The van der Waals surface area contributed by atoms with Crippen LogP contribution in [0.3, 0.4) is 0 Å². The van der Waals surface area contributed by atoms with E-state index in [1.54, 1.807) is 17.6 Å². The predicted molar refractivity (Wildman–Crippen MR) is 114 cm³/mol. The van der Waals surface area contributed by atoms with E-state index in [1.807, 2.05) is 12.1 Å². The van der Waals surface area contributed by atoms with E-state index in [1.165, 1.54) is 36.2 Å². The molecule has 3 rings (SSSR count). The molecule has 0 fully saturated rings. The molecule has 0 unspecified atom stereocenters. The number of aryl methyl sites for hydroxylation is 2. The SMILES string of the molecule is CC(=O)OCCSc1nc2ccc(NC(=O)CCn3cc([N+](=O)[O-])nc3C)cc2s1. The first-order chi connectivity index (χ1) is 14.3. The molecule has 0 aliphatic rings. The number of nitro groups is 1. The average molecular weight is 450 g/mol. The van der Waals surface area contributed by atoms with Gasteiger partial charge in [0.25, 0.3) is 0 Å². The Hall–Kier alpha value is -2.99. The number of anilines is 1. The number of thioether (sulfide) groups is 1. The highest BCUT2D eigenvalue weighted by atomic mass is 32.2. The Morgan fingerprint density at radius 3 is 2.87 bits per heavy atom. The number of thiazole rings is 1. The number of fused-ring (bicyclic) bond motifs is 1. The van der Waals surface area contributed by atoms with Gasteiger partial charge in [0.2, 0.25) is 11.7 Å². The number of esters is 1. The molecule has 12 heteroatoms. The summed E-state index contributed by atoms with van der Waals surface area (Å²) in [7, 11) is 0. The minimum absolute atomic E-state index is 0.159.